The van der Waals surface area contributed by atoms with Gasteiger partial charge in [0, 0.05) is 37.9 Å². The summed E-state index contributed by atoms with van der Waals surface area (Å²) in [5, 5.41) is 4.49. The molecule has 1 aliphatic carbocycles. The zero-order chi connectivity index (χ0) is 16.2. The normalized spacial score (nSPS) is 25.3. The lowest BCUT2D eigenvalue weighted by Gasteiger charge is -2.39. The van der Waals surface area contributed by atoms with Crippen LogP contribution < -0.4 is 10.2 Å². The van der Waals surface area contributed by atoms with E-state index < -0.39 is 0 Å². The molecule has 1 heterocycles. The minimum atomic E-state index is -0.181. The number of thiocarbonyl (C=S) groups is 1. The summed E-state index contributed by atoms with van der Waals surface area (Å²) in [6, 6.07) is 7.29. The Morgan fingerprint density at radius 2 is 1.74 bits per heavy atom. The third-order valence-electron chi connectivity index (χ3n) is 5.18. The molecule has 0 radical (unpaired) electrons. The molecular formula is C18H26FN3S. The van der Waals surface area contributed by atoms with Gasteiger partial charge in [0.2, 0.25) is 0 Å². The smallest absolute Gasteiger partial charge is 0.169 e. The molecular weight excluding hydrogens is 309 g/mol. The summed E-state index contributed by atoms with van der Waals surface area (Å²) >= 11 is 5.63. The molecule has 1 N–H and O–H groups in total. The largest absolute Gasteiger partial charge is 0.368 e. The van der Waals surface area contributed by atoms with Crippen LogP contribution in [0.3, 0.4) is 0 Å². The Morgan fingerprint density at radius 1 is 1.09 bits per heavy atom. The molecule has 2 atom stereocenters. The second-order valence-corrected chi connectivity index (χ2v) is 7.15. The summed E-state index contributed by atoms with van der Waals surface area (Å²) in [7, 11) is 0. The first-order valence-corrected chi connectivity index (χ1v) is 9.10. The fraction of sp³-hybridized carbons (Fsp3) is 0.611. The molecule has 1 saturated carbocycles. The van der Waals surface area contributed by atoms with Crippen molar-refractivity contribution >= 4 is 23.0 Å². The van der Waals surface area contributed by atoms with Gasteiger partial charge < -0.3 is 15.1 Å². The molecule has 1 aromatic carbocycles. The van der Waals surface area contributed by atoms with E-state index in [1.54, 1.807) is 0 Å². The topological polar surface area (TPSA) is 18.5 Å². The molecule has 0 spiro atoms. The maximum atomic E-state index is 13.0. The molecule has 5 heteroatoms. The zero-order valence-corrected chi connectivity index (χ0v) is 14.6. The van der Waals surface area contributed by atoms with Crippen LogP contribution in [0.4, 0.5) is 10.1 Å². The molecule has 1 saturated heterocycles. The Labute approximate surface area is 143 Å². The van der Waals surface area contributed by atoms with E-state index >= 15 is 0 Å². The van der Waals surface area contributed by atoms with Crippen LogP contribution in [0.25, 0.3) is 0 Å². The molecule has 2 fully saturated rings. The van der Waals surface area contributed by atoms with Gasteiger partial charge in [-0.1, -0.05) is 19.8 Å². The number of hydrogen-bond donors (Lipinski definition) is 1. The van der Waals surface area contributed by atoms with E-state index in [0.717, 1.165) is 37.0 Å². The zero-order valence-electron chi connectivity index (χ0n) is 13.8. The number of rotatable bonds is 2. The van der Waals surface area contributed by atoms with Crippen LogP contribution in [0.15, 0.2) is 24.3 Å². The van der Waals surface area contributed by atoms with Gasteiger partial charge in [-0.3, -0.25) is 0 Å². The van der Waals surface area contributed by atoms with Gasteiger partial charge in [0.1, 0.15) is 5.82 Å². The van der Waals surface area contributed by atoms with Crippen molar-refractivity contribution in [3.8, 4) is 0 Å². The highest BCUT2D eigenvalue weighted by Gasteiger charge is 2.25. The second-order valence-electron chi connectivity index (χ2n) is 6.77. The van der Waals surface area contributed by atoms with Gasteiger partial charge in [0.15, 0.2) is 5.11 Å². The Kier molecular flexibility index (Phi) is 5.36. The van der Waals surface area contributed by atoms with Gasteiger partial charge in [-0.05, 0) is 55.2 Å². The Hall–Kier alpha value is -1.36. The second kappa shape index (κ2) is 7.47. The number of nitrogens with one attached hydrogen (secondary N) is 1. The van der Waals surface area contributed by atoms with E-state index in [0.29, 0.717) is 12.0 Å². The van der Waals surface area contributed by atoms with Crippen LogP contribution in [-0.2, 0) is 0 Å². The Balaban J connectivity index is 1.50. The first-order valence-electron chi connectivity index (χ1n) is 8.69. The maximum Gasteiger partial charge on any atom is 0.169 e. The van der Waals surface area contributed by atoms with Crippen LogP contribution in [0.1, 0.15) is 32.6 Å². The number of benzene rings is 1. The van der Waals surface area contributed by atoms with Crippen molar-refractivity contribution in [2.24, 2.45) is 5.92 Å². The number of hydrogen-bond acceptors (Lipinski definition) is 2. The van der Waals surface area contributed by atoms with Crippen LogP contribution >= 0.6 is 12.2 Å². The Bertz CT molecular complexity index is 526. The van der Waals surface area contributed by atoms with Crippen molar-refractivity contribution in [1.82, 2.24) is 10.2 Å². The highest BCUT2D eigenvalue weighted by atomic mass is 32.1. The van der Waals surface area contributed by atoms with Crippen molar-refractivity contribution in [2.75, 3.05) is 31.1 Å². The lowest BCUT2D eigenvalue weighted by Crippen LogP contribution is -2.54. The van der Waals surface area contributed by atoms with Crippen LogP contribution in [0.2, 0.25) is 0 Å². The first kappa shape index (κ1) is 16.5. The molecule has 0 bridgehead atoms. The average Bonchev–Trinajstić information content (AvgIpc) is 2.58. The highest BCUT2D eigenvalue weighted by molar-refractivity contribution is 7.80. The summed E-state index contributed by atoms with van der Waals surface area (Å²) in [5.74, 6) is 0.529. The Morgan fingerprint density at radius 3 is 2.39 bits per heavy atom. The minimum absolute atomic E-state index is 0.181. The number of piperazine rings is 1. The third kappa shape index (κ3) is 4.14. The van der Waals surface area contributed by atoms with E-state index in [-0.39, 0.29) is 5.82 Å². The number of nitrogens with zero attached hydrogens (tertiary/aromatic N) is 2. The summed E-state index contributed by atoms with van der Waals surface area (Å²) in [6.07, 6.45) is 5.20. The molecule has 0 unspecified atom stereocenters. The lowest BCUT2D eigenvalue weighted by atomic mass is 9.86. The number of halogens is 1. The highest BCUT2D eigenvalue weighted by Crippen LogP contribution is 2.24. The summed E-state index contributed by atoms with van der Waals surface area (Å²) in [5.41, 5.74) is 1.09. The monoisotopic (exact) mass is 335 g/mol. The molecule has 0 aromatic heterocycles. The van der Waals surface area contributed by atoms with Crippen molar-refractivity contribution in [2.45, 2.75) is 38.6 Å². The minimum Gasteiger partial charge on any atom is -0.368 e. The van der Waals surface area contributed by atoms with Crippen molar-refractivity contribution in [1.29, 1.82) is 0 Å². The van der Waals surface area contributed by atoms with Gasteiger partial charge in [0.25, 0.3) is 0 Å². The predicted molar refractivity (Wildman–Crippen MR) is 97.3 cm³/mol. The predicted octanol–water partition coefficient (Wildman–Crippen LogP) is 3.40. The van der Waals surface area contributed by atoms with Gasteiger partial charge >= 0.3 is 0 Å². The van der Waals surface area contributed by atoms with Crippen molar-refractivity contribution in [3.05, 3.63) is 30.1 Å². The summed E-state index contributed by atoms with van der Waals surface area (Å²) in [4.78, 5) is 4.57. The van der Waals surface area contributed by atoms with Gasteiger partial charge in [-0.25, -0.2) is 4.39 Å². The quantitative estimate of drug-likeness (QED) is 0.835. The molecule has 1 aliphatic heterocycles. The van der Waals surface area contributed by atoms with Crippen LogP contribution in [0, 0.1) is 11.7 Å². The van der Waals surface area contributed by atoms with E-state index in [9.17, 15) is 4.39 Å². The molecule has 3 nitrogen and oxygen atoms in total. The van der Waals surface area contributed by atoms with Crippen molar-refractivity contribution < 1.29 is 4.39 Å². The third-order valence-corrected chi connectivity index (χ3v) is 5.56. The first-order chi connectivity index (χ1) is 11.1. The van der Waals surface area contributed by atoms with Gasteiger partial charge in [0.05, 0.1) is 0 Å². The van der Waals surface area contributed by atoms with E-state index in [1.165, 1.54) is 37.8 Å². The van der Waals surface area contributed by atoms with E-state index in [2.05, 4.69) is 22.0 Å². The van der Waals surface area contributed by atoms with Gasteiger partial charge in [-0.15, -0.1) is 0 Å². The molecule has 0 amide bonds. The van der Waals surface area contributed by atoms with Crippen molar-refractivity contribution in [3.63, 3.8) is 0 Å². The molecule has 2 aliphatic rings. The van der Waals surface area contributed by atoms with E-state index in [4.69, 9.17) is 12.2 Å². The SMILES string of the molecule is C[C@H]1CCCC[C@@H]1NC(=S)N1CCN(c2ccc(F)cc2)CC1. The maximum absolute atomic E-state index is 13.0. The standard InChI is InChI=1S/C18H26FN3S/c1-14-4-2-3-5-17(14)20-18(23)22-12-10-21(11-13-22)16-8-6-15(19)7-9-16/h6-9,14,17H,2-5,10-13H2,1H3,(H,20,23)/t14-,17-/m0/s1. The van der Waals surface area contributed by atoms with Crippen LogP contribution in [-0.4, -0.2) is 42.2 Å². The number of anilines is 1. The molecule has 23 heavy (non-hydrogen) atoms. The molecule has 1 aromatic rings. The fourth-order valence-electron chi connectivity index (χ4n) is 3.60. The van der Waals surface area contributed by atoms with Crippen LogP contribution in [0.5, 0.6) is 0 Å². The average molecular weight is 335 g/mol. The van der Waals surface area contributed by atoms with E-state index in [1.807, 2.05) is 12.1 Å². The fourth-order valence-corrected chi connectivity index (χ4v) is 3.93. The molecule has 3 rings (SSSR count). The van der Waals surface area contributed by atoms with Gasteiger partial charge in [-0.2, -0.15) is 0 Å². The summed E-state index contributed by atoms with van der Waals surface area (Å²) < 4.78 is 13.0. The lowest BCUT2D eigenvalue weighted by molar-refractivity contribution is 0.293. The summed E-state index contributed by atoms with van der Waals surface area (Å²) in [6.45, 7) is 6.02. The molecule has 126 valence electrons.